The van der Waals surface area contributed by atoms with Crippen LogP contribution in [0.1, 0.15) is 33.1 Å². The molecule has 0 aliphatic carbocycles. The van der Waals surface area contributed by atoms with Gasteiger partial charge in [-0.15, -0.1) is 0 Å². The Balaban J connectivity index is 5.21. The van der Waals surface area contributed by atoms with Gasteiger partial charge in [-0.3, -0.25) is 19.4 Å². The van der Waals surface area contributed by atoms with E-state index in [1.165, 1.54) is 0 Å². The molecular weight excluding hydrogens is 442 g/mol. The Morgan fingerprint density at radius 2 is 1.50 bits per heavy atom. The van der Waals surface area contributed by atoms with Gasteiger partial charge in [-0.1, -0.05) is 13.8 Å². The number of guanidine groups is 1. The first-order valence-electron chi connectivity index (χ1n) is 10.1. The Bertz CT molecular complexity index is 672. The zero-order valence-electron chi connectivity index (χ0n) is 18.3. The Morgan fingerprint density at radius 1 is 0.969 bits per heavy atom. The van der Waals surface area contributed by atoms with Crippen LogP contribution < -0.4 is 33.2 Å². The summed E-state index contributed by atoms with van der Waals surface area (Å²) in [6.07, 6.45) is 0.616. The first kappa shape index (κ1) is 29.4. The molecule has 0 radical (unpaired) electrons. The van der Waals surface area contributed by atoms with E-state index in [9.17, 15) is 24.3 Å². The number of rotatable bonds is 15. The van der Waals surface area contributed by atoms with E-state index < -0.39 is 54.5 Å². The van der Waals surface area contributed by atoms with Crippen LogP contribution in [-0.4, -0.2) is 82.9 Å². The maximum Gasteiger partial charge on any atom is 0.326 e. The number of carboxylic acid groups (broad SMARTS) is 1. The van der Waals surface area contributed by atoms with Crippen LogP contribution >= 0.6 is 12.6 Å². The normalized spacial score (nSPS) is 14.6. The minimum atomic E-state index is -1.24. The molecule has 0 aromatic heterocycles. The second-order valence-corrected chi connectivity index (χ2v) is 7.94. The molecule has 0 saturated carbocycles. The molecule has 0 rings (SSSR count). The second-order valence-electron chi connectivity index (χ2n) is 7.57. The highest BCUT2D eigenvalue weighted by molar-refractivity contribution is 7.80. The van der Waals surface area contributed by atoms with Gasteiger partial charge in [-0.05, 0) is 25.2 Å². The molecule has 0 saturated heterocycles. The topological polar surface area (TPSA) is 235 Å². The number of hydrogen-bond donors (Lipinski definition) is 9. The van der Waals surface area contributed by atoms with E-state index in [4.69, 9.17) is 22.3 Å². The minimum absolute atomic E-state index is 0.0111. The molecule has 11 N–H and O–H groups in total. The molecule has 0 aromatic rings. The Hall–Kier alpha value is -2.58. The second kappa shape index (κ2) is 15.3. The van der Waals surface area contributed by atoms with Gasteiger partial charge in [0.25, 0.3) is 0 Å². The summed E-state index contributed by atoms with van der Waals surface area (Å²) in [6, 6.07) is -4.57. The lowest BCUT2D eigenvalue weighted by Crippen LogP contribution is -2.58. The van der Waals surface area contributed by atoms with Gasteiger partial charge in [0, 0.05) is 12.3 Å². The molecule has 0 heterocycles. The lowest BCUT2D eigenvalue weighted by atomic mass is 10.0. The average Bonchev–Trinajstić information content (AvgIpc) is 2.71. The Kier molecular flexibility index (Phi) is 14.0. The highest BCUT2D eigenvalue weighted by Crippen LogP contribution is 2.08. The molecule has 184 valence electrons. The van der Waals surface area contributed by atoms with Crippen LogP contribution in [0, 0.1) is 5.92 Å². The maximum atomic E-state index is 12.7. The lowest BCUT2D eigenvalue weighted by Gasteiger charge is -2.25. The van der Waals surface area contributed by atoms with E-state index in [0.717, 1.165) is 0 Å². The van der Waals surface area contributed by atoms with E-state index in [-0.39, 0.29) is 37.0 Å². The van der Waals surface area contributed by atoms with Gasteiger partial charge in [-0.2, -0.15) is 12.6 Å². The van der Waals surface area contributed by atoms with Crippen LogP contribution in [-0.2, 0) is 19.2 Å². The van der Waals surface area contributed by atoms with Crippen LogP contribution in [0.5, 0.6) is 0 Å². The Morgan fingerprint density at radius 3 is 1.97 bits per heavy atom. The first-order chi connectivity index (χ1) is 14.9. The van der Waals surface area contributed by atoms with Crippen molar-refractivity contribution >= 4 is 42.3 Å². The molecule has 3 amide bonds. The third-order valence-electron chi connectivity index (χ3n) is 4.25. The highest BCUT2D eigenvalue weighted by Gasteiger charge is 2.30. The van der Waals surface area contributed by atoms with Crippen molar-refractivity contribution in [3.8, 4) is 0 Å². The van der Waals surface area contributed by atoms with Crippen molar-refractivity contribution < 1.29 is 29.4 Å². The monoisotopic (exact) mass is 477 g/mol. The van der Waals surface area contributed by atoms with Crippen LogP contribution in [0.15, 0.2) is 4.99 Å². The van der Waals surface area contributed by atoms with Crippen molar-refractivity contribution in [3.63, 3.8) is 0 Å². The van der Waals surface area contributed by atoms with E-state index in [2.05, 4.69) is 33.6 Å². The number of nitrogens with two attached hydrogens (primary N) is 3. The first-order valence-corrected chi connectivity index (χ1v) is 10.7. The van der Waals surface area contributed by atoms with Gasteiger partial charge < -0.3 is 43.4 Å². The zero-order chi connectivity index (χ0) is 24.8. The maximum absolute atomic E-state index is 12.7. The number of amides is 3. The number of aliphatic hydroxyl groups is 1. The number of aliphatic imine (C=N–C) groups is 1. The van der Waals surface area contributed by atoms with E-state index in [1.54, 1.807) is 0 Å². The van der Waals surface area contributed by atoms with Gasteiger partial charge >= 0.3 is 5.97 Å². The summed E-state index contributed by atoms with van der Waals surface area (Å²) in [5.41, 5.74) is 15.9. The predicted molar refractivity (Wildman–Crippen MR) is 122 cm³/mol. The van der Waals surface area contributed by atoms with Crippen molar-refractivity contribution in [2.45, 2.75) is 57.3 Å². The SMILES string of the molecule is CC(C)CC(NC(=O)C(CS)NC(=O)C(N)CO)C(=O)NC(CCCN=C(N)N)C(=O)O. The number of carbonyl (C=O) groups excluding carboxylic acids is 3. The van der Waals surface area contributed by atoms with Crippen molar-refractivity contribution in [3.05, 3.63) is 0 Å². The number of nitrogens with one attached hydrogen (secondary N) is 3. The highest BCUT2D eigenvalue weighted by atomic mass is 32.1. The number of carbonyl (C=O) groups is 4. The molecule has 0 fully saturated rings. The van der Waals surface area contributed by atoms with Crippen LogP contribution in [0.3, 0.4) is 0 Å². The fourth-order valence-electron chi connectivity index (χ4n) is 2.56. The molecule has 0 spiro atoms. The van der Waals surface area contributed by atoms with Crippen LogP contribution in [0.4, 0.5) is 0 Å². The molecule has 0 aliphatic heterocycles. The van der Waals surface area contributed by atoms with Crippen LogP contribution in [0.25, 0.3) is 0 Å². The third kappa shape index (κ3) is 11.7. The quantitative estimate of drug-likeness (QED) is 0.0501. The van der Waals surface area contributed by atoms with Gasteiger partial charge in [0.2, 0.25) is 17.7 Å². The summed E-state index contributed by atoms with van der Waals surface area (Å²) >= 11 is 4.03. The number of aliphatic carboxylic acids is 1. The largest absolute Gasteiger partial charge is 0.480 e. The number of hydrogen-bond acceptors (Lipinski definition) is 8. The smallest absolute Gasteiger partial charge is 0.326 e. The van der Waals surface area contributed by atoms with Crippen LogP contribution in [0.2, 0.25) is 0 Å². The van der Waals surface area contributed by atoms with Crippen molar-refractivity contribution in [2.24, 2.45) is 28.1 Å². The molecule has 4 unspecified atom stereocenters. The van der Waals surface area contributed by atoms with Crippen molar-refractivity contribution in [1.29, 1.82) is 0 Å². The van der Waals surface area contributed by atoms with Crippen molar-refractivity contribution in [1.82, 2.24) is 16.0 Å². The molecular formula is C18H35N7O6S. The van der Waals surface area contributed by atoms with Gasteiger partial charge in [0.15, 0.2) is 5.96 Å². The fourth-order valence-corrected chi connectivity index (χ4v) is 2.82. The standard InChI is InChI=1S/C18H35N7O6S/c1-9(2)6-12(24-16(29)13(8-32)25-14(27)10(19)7-26)15(28)23-11(17(30)31)4-3-5-22-18(20)21/h9-13,26,32H,3-8,19H2,1-2H3,(H,23,28)(H,24,29)(H,25,27)(H,30,31)(H4,20,21,22). The predicted octanol–water partition coefficient (Wildman–Crippen LogP) is -3.13. The summed E-state index contributed by atoms with van der Waals surface area (Å²) < 4.78 is 0. The van der Waals surface area contributed by atoms with Gasteiger partial charge in [0.1, 0.15) is 24.2 Å². The van der Waals surface area contributed by atoms with E-state index in [0.29, 0.717) is 6.42 Å². The molecule has 0 aliphatic rings. The number of carboxylic acids is 1. The summed E-state index contributed by atoms with van der Waals surface area (Å²) in [7, 11) is 0. The Labute approximate surface area is 192 Å². The van der Waals surface area contributed by atoms with E-state index in [1.807, 2.05) is 13.8 Å². The number of thiol groups is 1. The lowest BCUT2D eigenvalue weighted by molar-refractivity contribution is -0.142. The molecule has 4 atom stereocenters. The number of aliphatic hydroxyl groups excluding tert-OH is 1. The third-order valence-corrected chi connectivity index (χ3v) is 4.61. The summed E-state index contributed by atoms with van der Waals surface area (Å²) in [5, 5.41) is 25.6. The number of nitrogens with zero attached hydrogens (tertiary/aromatic N) is 1. The summed E-state index contributed by atoms with van der Waals surface area (Å²) in [5.74, 6) is -3.59. The zero-order valence-corrected chi connectivity index (χ0v) is 19.2. The molecule has 0 bridgehead atoms. The van der Waals surface area contributed by atoms with Crippen molar-refractivity contribution in [2.75, 3.05) is 18.9 Å². The molecule has 13 nitrogen and oxygen atoms in total. The summed E-state index contributed by atoms with van der Waals surface area (Å²) in [6.45, 7) is 3.25. The van der Waals surface area contributed by atoms with Gasteiger partial charge in [-0.25, -0.2) is 4.79 Å². The average molecular weight is 478 g/mol. The summed E-state index contributed by atoms with van der Waals surface area (Å²) in [4.78, 5) is 52.5. The van der Waals surface area contributed by atoms with E-state index >= 15 is 0 Å². The molecule has 0 aromatic carbocycles. The molecule has 32 heavy (non-hydrogen) atoms. The van der Waals surface area contributed by atoms with Gasteiger partial charge in [0.05, 0.1) is 6.61 Å². The fraction of sp³-hybridized carbons (Fsp3) is 0.722. The minimum Gasteiger partial charge on any atom is -0.480 e. The molecule has 14 heteroatoms.